The van der Waals surface area contributed by atoms with E-state index in [4.69, 9.17) is 0 Å². The Labute approximate surface area is 127 Å². The molecule has 0 amide bonds. The number of nitrogens with zero attached hydrogens (tertiary/aromatic N) is 2. The fraction of sp³-hybridized carbons (Fsp3) is 0.250. The molecule has 0 fully saturated rings. The first-order chi connectivity index (χ1) is 10.2. The van der Waals surface area contributed by atoms with Gasteiger partial charge in [0.1, 0.15) is 10.8 Å². The van der Waals surface area contributed by atoms with Gasteiger partial charge in [-0.2, -0.15) is 0 Å². The highest BCUT2D eigenvalue weighted by atomic mass is 32.1. The normalized spacial score (nSPS) is 12.5. The zero-order valence-electron chi connectivity index (χ0n) is 12.0. The van der Waals surface area contributed by atoms with Crippen LogP contribution >= 0.6 is 11.3 Å². The van der Waals surface area contributed by atoms with Gasteiger partial charge in [-0.1, -0.05) is 54.7 Å². The summed E-state index contributed by atoms with van der Waals surface area (Å²) in [4.78, 5) is 0. The Balaban J connectivity index is 1.90. The van der Waals surface area contributed by atoms with Gasteiger partial charge in [0, 0.05) is 10.9 Å². The Morgan fingerprint density at radius 2 is 2.00 bits per heavy atom. The lowest BCUT2D eigenvalue weighted by Gasteiger charge is -2.16. The molecule has 0 saturated carbocycles. The topological polar surface area (TPSA) is 58.0 Å². The van der Waals surface area contributed by atoms with Crippen LogP contribution in [0.4, 0.5) is 5.13 Å². The number of phenolic OH excluding ortho intramolecular Hbond substituents is 1. The number of aromatic hydroxyl groups is 1. The lowest BCUT2D eigenvalue weighted by molar-refractivity contribution is 0.472. The number of fused-ring (bicyclic) bond motifs is 1. The van der Waals surface area contributed by atoms with Gasteiger partial charge in [-0.05, 0) is 18.7 Å². The second-order valence-corrected chi connectivity index (χ2v) is 6.01. The van der Waals surface area contributed by atoms with Gasteiger partial charge in [-0.15, -0.1) is 10.2 Å². The number of nitrogens with one attached hydrogen (secondary N) is 1. The molecule has 0 saturated heterocycles. The number of rotatable bonds is 4. The van der Waals surface area contributed by atoms with E-state index in [2.05, 4.69) is 22.4 Å². The van der Waals surface area contributed by atoms with Crippen LogP contribution in [-0.2, 0) is 6.42 Å². The lowest BCUT2D eigenvalue weighted by atomic mass is 10.0. The average Bonchev–Trinajstić information content (AvgIpc) is 2.95. The number of phenols is 1. The Morgan fingerprint density at radius 1 is 1.19 bits per heavy atom. The molecule has 1 atom stereocenters. The molecule has 2 aromatic carbocycles. The van der Waals surface area contributed by atoms with Crippen LogP contribution in [-0.4, -0.2) is 15.3 Å². The van der Waals surface area contributed by atoms with E-state index < -0.39 is 0 Å². The smallest absolute Gasteiger partial charge is 0.206 e. The number of hydrogen-bond acceptors (Lipinski definition) is 5. The van der Waals surface area contributed by atoms with Gasteiger partial charge in [0.15, 0.2) is 0 Å². The highest BCUT2D eigenvalue weighted by Gasteiger charge is 2.14. The maximum atomic E-state index is 10.5. The van der Waals surface area contributed by atoms with E-state index in [1.807, 2.05) is 43.3 Å². The van der Waals surface area contributed by atoms with Crippen molar-refractivity contribution >= 4 is 27.2 Å². The molecule has 0 bridgehead atoms. The minimum atomic E-state index is -0.0349. The zero-order valence-corrected chi connectivity index (χ0v) is 12.8. The van der Waals surface area contributed by atoms with Crippen molar-refractivity contribution in [1.29, 1.82) is 0 Å². The zero-order chi connectivity index (χ0) is 14.8. The van der Waals surface area contributed by atoms with Crippen LogP contribution in [0.3, 0.4) is 0 Å². The van der Waals surface area contributed by atoms with Crippen LogP contribution < -0.4 is 5.32 Å². The second kappa shape index (κ2) is 5.69. The van der Waals surface area contributed by atoms with Crippen LogP contribution in [0.1, 0.15) is 30.5 Å². The predicted molar refractivity (Wildman–Crippen MR) is 86.9 cm³/mol. The number of aryl methyl sites for hydroxylation is 1. The fourth-order valence-electron chi connectivity index (χ4n) is 2.34. The molecule has 1 aromatic heterocycles. The monoisotopic (exact) mass is 299 g/mol. The molecule has 1 unspecified atom stereocenters. The molecular formula is C16H17N3OS. The molecule has 1 heterocycles. The van der Waals surface area contributed by atoms with Crippen molar-refractivity contribution in [2.45, 2.75) is 26.3 Å². The van der Waals surface area contributed by atoms with Gasteiger partial charge in [-0.3, -0.25) is 0 Å². The van der Waals surface area contributed by atoms with Gasteiger partial charge in [0.25, 0.3) is 0 Å². The SMILES string of the molecule is CCc1nnc(NC(C)c2ccc3ccccc3c2O)s1. The Morgan fingerprint density at radius 3 is 2.76 bits per heavy atom. The minimum absolute atomic E-state index is 0.0349. The third kappa shape index (κ3) is 2.69. The van der Waals surface area contributed by atoms with E-state index in [-0.39, 0.29) is 6.04 Å². The predicted octanol–water partition coefficient (Wildman–Crippen LogP) is 4.13. The molecule has 0 spiro atoms. The fourth-order valence-corrected chi connectivity index (χ4v) is 3.11. The Bertz CT molecular complexity index is 769. The van der Waals surface area contributed by atoms with Gasteiger partial charge in [0.2, 0.25) is 5.13 Å². The molecular weight excluding hydrogens is 282 g/mol. The van der Waals surface area contributed by atoms with Crippen molar-refractivity contribution in [3.8, 4) is 5.75 Å². The summed E-state index contributed by atoms with van der Waals surface area (Å²) in [6.45, 7) is 4.07. The van der Waals surface area contributed by atoms with Gasteiger partial charge < -0.3 is 10.4 Å². The number of aromatic nitrogens is 2. The Kier molecular flexibility index (Phi) is 3.75. The van der Waals surface area contributed by atoms with E-state index >= 15 is 0 Å². The van der Waals surface area contributed by atoms with Crippen LogP contribution in [0, 0.1) is 0 Å². The third-order valence-electron chi connectivity index (χ3n) is 3.51. The van der Waals surface area contributed by atoms with Crippen molar-refractivity contribution in [3.63, 3.8) is 0 Å². The van der Waals surface area contributed by atoms with Crippen LogP contribution in [0.5, 0.6) is 5.75 Å². The highest BCUT2D eigenvalue weighted by molar-refractivity contribution is 7.15. The van der Waals surface area contributed by atoms with E-state index in [0.717, 1.165) is 32.9 Å². The molecule has 0 aliphatic heterocycles. The van der Waals surface area contributed by atoms with Crippen molar-refractivity contribution in [3.05, 3.63) is 47.0 Å². The van der Waals surface area contributed by atoms with Gasteiger partial charge in [0.05, 0.1) is 6.04 Å². The maximum Gasteiger partial charge on any atom is 0.206 e. The van der Waals surface area contributed by atoms with Gasteiger partial charge >= 0.3 is 0 Å². The average molecular weight is 299 g/mol. The number of anilines is 1. The molecule has 21 heavy (non-hydrogen) atoms. The minimum Gasteiger partial charge on any atom is -0.507 e. The maximum absolute atomic E-state index is 10.5. The largest absolute Gasteiger partial charge is 0.507 e. The van der Waals surface area contributed by atoms with E-state index in [1.165, 1.54) is 0 Å². The lowest BCUT2D eigenvalue weighted by Crippen LogP contribution is -2.06. The summed E-state index contributed by atoms with van der Waals surface area (Å²) < 4.78 is 0. The van der Waals surface area contributed by atoms with E-state index in [9.17, 15) is 5.11 Å². The summed E-state index contributed by atoms with van der Waals surface area (Å²) in [6.07, 6.45) is 0.884. The third-order valence-corrected chi connectivity index (χ3v) is 4.51. The van der Waals surface area contributed by atoms with Gasteiger partial charge in [-0.25, -0.2) is 0 Å². The molecule has 4 nitrogen and oxygen atoms in total. The van der Waals surface area contributed by atoms with E-state index in [0.29, 0.717) is 5.75 Å². The molecule has 3 aromatic rings. The summed E-state index contributed by atoms with van der Waals surface area (Å²) in [7, 11) is 0. The first-order valence-electron chi connectivity index (χ1n) is 6.98. The van der Waals surface area contributed by atoms with Crippen molar-refractivity contribution in [2.24, 2.45) is 0 Å². The van der Waals surface area contributed by atoms with Crippen LogP contribution in [0.25, 0.3) is 10.8 Å². The van der Waals surface area contributed by atoms with Crippen molar-refractivity contribution < 1.29 is 5.11 Å². The summed E-state index contributed by atoms with van der Waals surface area (Å²) in [5.41, 5.74) is 0.863. The molecule has 2 N–H and O–H groups in total. The quantitative estimate of drug-likeness (QED) is 0.760. The summed E-state index contributed by atoms with van der Waals surface area (Å²) >= 11 is 1.55. The first kappa shape index (κ1) is 13.8. The molecule has 0 aliphatic carbocycles. The van der Waals surface area contributed by atoms with E-state index in [1.54, 1.807) is 11.3 Å². The summed E-state index contributed by atoms with van der Waals surface area (Å²) in [5.74, 6) is 0.327. The molecule has 5 heteroatoms. The Hall–Kier alpha value is -2.14. The van der Waals surface area contributed by atoms with Crippen molar-refractivity contribution in [2.75, 3.05) is 5.32 Å². The molecule has 0 aliphatic rings. The standard InChI is InChI=1S/C16H17N3OS/c1-3-14-18-19-16(21-14)17-10(2)12-9-8-11-6-4-5-7-13(11)15(12)20/h4-10,20H,3H2,1-2H3,(H,17,19). The van der Waals surface area contributed by atoms with Crippen molar-refractivity contribution in [1.82, 2.24) is 10.2 Å². The summed E-state index contributed by atoms with van der Waals surface area (Å²) in [6, 6.07) is 11.8. The van der Waals surface area contributed by atoms with Crippen LogP contribution in [0.2, 0.25) is 0 Å². The summed E-state index contributed by atoms with van der Waals surface area (Å²) in [5, 5.41) is 25.7. The number of benzene rings is 2. The highest BCUT2D eigenvalue weighted by Crippen LogP contribution is 2.34. The van der Waals surface area contributed by atoms with Crippen LogP contribution in [0.15, 0.2) is 36.4 Å². The second-order valence-electron chi connectivity index (χ2n) is 4.95. The molecule has 3 rings (SSSR count). The first-order valence-corrected chi connectivity index (χ1v) is 7.80. The molecule has 0 radical (unpaired) electrons. The molecule has 108 valence electrons. The number of hydrogen-bond donors (Lipinski definition) is 2.